The maximum absolute atomic E-state index is 5.93. The van der Waals surface area contributed by atoms with Crippen LogP contribution >= 0.6 is 0 Å². The summed E-state index contributed by atoms with van der Waals surface area (Å²) in [6.45, 7) is 12.4. The molecular weight excluding hydrogens is 346 g/mol. The predicted molar refractivity (Wildman–Crippen MR) is 115 cm³/mol. The summed E-state index contributed by atoms with van der Waals surface area (Å²) in [7, 11) is 0. The highest BCUT2D eigenvalue weighted by Gasteiger charge is 2.53. The van der Waals surface area contributed by atoms with Gasteiger partial charge >= 0.3 is 0 Å². The number of rotatable bonds is 3. The number of nitrogens with zero attached hydrogens (tertiary/aromatic N) is 1. The van der Waals surface area contributed by atoms with Gasteiger partial charge in [-0.3, -0.25) is 0 Å². The van der Waals surface area contributed by atoms with E-state index >= 15 is 0 Å². The maximum Gasteiger partial charge on any atom is 0.147 e. The Balaban J connectivity index is 0.000000336. The molecular formula is C25H43NO2. The van der Waals surface area contributed by atoms with Gasteiger partial charge in [-0.15, -0.1) is 0 Å². The quantitative estimate of drug-likeness (QED) is 0.570. The summed E-state index contributed by atoms with van der Waals surface area (Å²) in [5, 5.41) is 0. The molecule has 2 saturated heterocycles. The van der Waals surface area contributed by atoms with Crippen LogP contribution in [0.1, 0.15) is 84.0 Å². The molecule has 2 aliphatic heterocycles. The van der Waals surface area contributed by atoms with E-state index in [1.807, 2.05) is 0 Å². The second kappa shape index (κ2) is 9.62. The second-order valence-electron chi connectivity index (χ2n) is 10.4. The first-order valence-corrected chi connectivity index (χ1v) is 12.3. The van der Waals surface area contributed by atoms with E-state index < -0.39 is 0 Å². The molecule has 0 aromatic heterocycles. The Labute approximate surface area is 173 Å². The standard InChI is InChI=1S/C20H33NO2.C5H10/c1-15-5-6-18-16-13-22-14-23-19(16)7-9-20(18,2)17(15)8-12-21-10-3-4-11-21;1-2-4-5-3-1/h16-19H,1,3-14H2,2H3;1-5H2. The number of allylic oxidation sites excluding steroid dienone is 1. The summed E-state index contributed by atoms with van der Waals surface area (Å²) < 4.78 is 11.6. The number of likely N-dealkylation sites (tertiary alicyclic amines) is 1. The molecule has 0 aromatic rings. The molecule has 28 heavy (non-hydrogen) atoms. The van der Waals surface area contributed by atoms with Crippen molar-refractivity contribution in [3.63, 3.8) is 0 Å². The molecule has 3 nitrogen and oxygen atoms in total. The average molecular weight is 390 g/mol. The van der Waals surface area contributed by atoms with Crippen LogP contribution in [0.3, 0.4) is 0 Å². The van der Waals surface area contributed by atoms with Gasteiger partial charge in [0.2, 0.25) is 0 Å². The molecule has 0 spiro atoms. The van der Waals surface area contributed by atoms with Gasteiger partial charge in [0.15, 0.2) is 0 Å². The fraction of sp³-hybridized carbons (Fsp3) is 0.920. The van der Waals surface area contributed by atoms with E-state index in [0.717, 1.165) is 12.5 Å². The van der Waals surface area contributed by atoms with Crippen molar-refractivity contribution in [2.24, 2.45) is 23.2 Å². The first-order valence-electron chi connectivity index (χ1n) is 12.3. The first-order chi connectivity index (χ1) is 13.7. The van der Waals surface area contributed by atoms with Gasteiger partial charge in [-0.05, 0) is 81.8 Å². The Morgan fingerprint density at radius 3 is 2.46 bits per heavy atom. The number of hydrogen-bond acceptors (Lipinski definition) is 3. The molecule has 3 saturated carbocycles. The Bertz CT molecular complexity index is 503. The fourth-order valence-corrected chi connectivity index (χ4v) is 7.04. The van der Waals surface area contributed by atoms with Crippen molar-refractivity contribution in [3.8, 4) is 0 Å². The van der Waals surface area contributed by atoms with Gasteiger partial charge in [-0.25, -0.2) is 0 Å². The van der Waals surface area contributed by atoms with Crippen LogP contribution in [0.4, 0.5) is 0 Å². The lowest BCUT2D eigenvalue weighted by Crippen LogP contribution is -2.54. The summed E-state index contributed by atoms with van der Waals surface area (Å²) in [5.41, 5.74) is 1.94. The summed E-state index contributed by atoms with van der Waals surface area (Å²) in [4.78, 5) is 2.67. The van der Waals surface area contributed by atoms with Crippen LogP contribution in [-0.4, -0.2) is 44.0 Å². The fourth-order valence-electron chi connectivity index (χ4n) is 7.04. The average Bonchev–Trinajstić information content (AvgIpc) is 3.44. The van der Waals surface area contributed by atoms with Gasteiger partial charge < -0.3 is 14.4 Å². The highest BCUT2D eigenvalue weighted by Crippen LogP contribution is 2.58. The molecule has 3 heteroatoms. The minimum atomic E-state index is 0.417. The zero-order valence-corrected chi connectivity index (χ0v) is 18.3. The molecule has 5 aliphatic rings. The molecule has 160 valence electrons. The van der Waals surface area contributed by atoms with E-state index in [0.29, 0.717) is 30.1 Å². The zero-order valence-electron chi connectivity index (χ0n) is 18.3. The molecule has 2 heterocycles. The Kier molecular flexibility index (Phi) is 7.17. The Morgan fingerprint density at radius 2 is 1.75 bits per heavy atom. The third-order valence-electron chi connectivity index (χ3n) is 8.73. The highest BCUT2D eigenvalue weighted by atomic mass is 16.7. The van der Waals surface area contributed by atoms with Crippen molar-refractivity contribution in [2.75, 3.05) is 33.0 Å². The Morgan fingerprint density at radius 1 is 1.04 bits per heavy atom. The molecule has 0 radical (unpaired) electrons. The highest BCUT2D eigenvalue weighted by molar-refractivity contribution is 5.15. The minimum Gasteiger partial charge on any atom is -0.355 e. The first kappa shape index (κ1) is 20.9. The van der Waals surface area contributed by atoms with Crippen molar-refractivity contribution in [3.05, 3.63) is 12.2 Å². The molecule has 0 N–H and O–H groups in total. The molecule has 0 aromatic carbocycles. The molecule has 3 aliphatic carbocycles. The van der Waals surface area contributed by atoms with E-state index in [4.69, 9.17) is 9.47 Å². The number of hydrogen-bond donors (Lipinski definition) is 0. The van der Waals surface area contributed by atoms with Crippen molar-refractivity contribution in [2.45, 2.75) is 90.1 Å². The summed E-state index contributed by atoms with van der Waals surface area (Å²) in [6, 6.07) is 0. The molecule has 5 atom stereocenters. The van der Waals surface area contributed by atoms with E-state index in [1.54, 1.807) is 0 Å². The van der Waals surface area contributed by atoms with Gasteiger partial charge in [0.05, 0.1) is 12.7 Å². The lowest BCUT2D eigenvalue weighted by molar-refractivity contribution is -0.218. The van der Waals surface area contributed by atoms with Crippen LogP contribution in [0.25, 0.3) is 0 Å². The van der Waals surface area contributed by atoms with Crippen LogP contribution in [0.2, 0.25) is 0 Å². The molecule has 5 unspecified atom stereocenters. The van der Waals surface area contributed by atoms with E-state index in [2.05, 4.69) is 18.4 Å². The van der Waals surface area contributed by atoms with Gasteiger partial charge in [0.25, 0.3) is 0 Å². The predicted octanol–water partition coefficient (Wildman–Crippen LogP) is 5.79. The monoisotopic (exact) mass is 389 g/mol. The molecule has 0 bridgehead atoms. The van der Waals surface area contributed by atoms with Crippen LogP contribution in [0.15, 0.2) is 12.2 Å². The van der Waals surface area contributed by atoms with Gasteiger partial charge in [0.1, 0.15) is 6.79 Å². The summed E-state index contributed by atoms with van der Waals surface area (Å²) >= 11 is 0. The van der Waals surface area contributed by atoms with Crippen molar-refractivity contribution >= 4 is 0 Å². The van der Waals surface area contributed by atoms with E-state index in [9.17, 15) is 0 Å². The van der Waals surface area contributed by atoms with Gasteiger partial charge in [0, 0.05) is 5.92 Å². The molecule has 5 rings (SSSR count). The number of ether oxygens (including phenoxy) is 2. The van der Waals surface area contributed by atoms with E-state index in [1.165, 1.54) is 102 Å². The van der Waals surface area contributed by atoms with Crippen LogP contribution < -0.4 is 0 Å². The van der Waals surface area contributed by atoms with E-state index in [-0.39, 0.29) is 0 Å². The summed E-state index contributed by atoms with van der Waals surface area (Å²) in [5.74, 6) is 2.07. The topological polar surface area (TPSA) is 21.7 Å². The largest absolute Gasteiger partial charge is 0.355 e. The van der Waals surface area contributed by atoms with Crippen molar-refractivity contribution in [1.29, 1.82) is 0 Å². The van der Waals surface area contributed by atoms with Gasteiger partial charge in [-0.2, -0.15) is 0 Å². The molecule has 5 fully saturated rings. The Hall–Kier alpha value is -0.380. The van der Waals surface area contributed by atoms with Crippen LogP contribution in [0.5, 0.6) is 0 Å². The third-order valence-corrected chi connectivity index (χ3v) is 8.73. The third kappa shape index (κ3) is 4.52. The number of fused-ring (bicyclic) bond motifs is 3. The van der Waals surface area contributed by atoms with Crippen LogP contribution in [0, 0.1) is 23.2 Å². The SMILES string of the molecule is C1CCCC1.C=C1CCC2C3COCOC3CCC2(C)C1CCN1CCCC1. The maximum atomic E-state index is 5.93. The normalized spacial score (nSPS) is 41.1. The van der Waals surface area contributed by atoms with Gasteiger partial charge in [-0.1, -0.05) is 51.2 Å². The smallest absolute Gasteiger partial charge is 0.147 e. The minimum absolute atomic E-state index is 0.417. The summed E-state index contributed by atoms with van der Waals surface area (Å²) in [6.07, 6.45) is 17.1. The van der Waals surface area contributed by atoms with Crippen molar-refractivity contribution < 1.29 is 9.47 Å². The molecule has 0 amide bonds. The van der Waals surface area contributed by atoms with Crippen molar-refractivity contribution in [1.82, 2.24) is 4.90 Å². The second-order valence-corrected chi connectivity index (χ2v) is 10.4. The lowest BCUT2D eigenvalue weighted by Gasteiger charge is -2.57. The zero-order chi connectivity index (χ0) is 19.4. The van der Waals surface area contributed by atoms with Crippen LogP contribution in [-0.2, 0) is 9.47 Å². The lowest BCUT2D eigenvalue weighted by atomic mass is 9.50.